The van der Waals surface area contributed by atoms with Crippen molar-refractivity contribution in [2.45, 2.75) is 37.6 Å². The molecule has 1 fully saturated rings. The highest BCUT2D eigenvalue weighted by Gasteiger charge is 2.35. The Morgan fingerprint density at radius 1 is 1.35 bits per heavy atom. The van der Waals surface area contributed by atoms with Crippen LogP contribution in [0.2, 0.25) is 0 Å². The molecule has 1 aromatic heterocycles. The van der Waals surface area contributed by atoms with Gasteiger partial charge in [0.25, 0.3) is 0 Å². The summed E-state index contributed by atoms with van der Waals surface area (Å²) in [6.07, 6.45) is 5.41. The second kappa shape index (κ2) is 3.81. The second-order valence-electron chi connectivity index (χ2n) is 5.48. The van der Waals surface area contributed by atoms with E-state index in [9.17, 15) is 0 Å². The summed E-state index contributed by atoms with van der Waals surface area (Å²) < 4.78 is 0. The number of fused-ring (bicyclic) bond motifs is 1. The van der Waals surface area contributed by atoms with Crippen molar-refractivity contribution >= 4 is 10.9 Å². The molecule has 2 N–H and O–H groups in total. The standard InChI is InChI=1S/C15H18N2/c1-15(7-6-13(16)9-15)12-8-11-4-2-3-5-14(11)17-10-12/h2-5,8,10,13H,6-7,9,16H2,1H3. The van der Waals surface area contributed by atoms with Crippen molar-refractivity contribution in [3.05, 3.63) is 42.1 Å². The average Bonchev–Trinajstić information content (AvgIpc) is 2.70. The topological polar surface area (TPSA) is 38.9 Å². The summed E-state index contributed by atoms with van der Waals surface area (Å²) in [5.41, 5.74) is 8.67. The summed E-state index contributed by atoms with van der Waals surface area (Å²) in [5.74, 6) is 0. The van der Waals surface area contributed by atoms with Gasteiger partial charge in [0, 0.05) is 17.6 Å². The van der Waals surface area contributed by atoms with Gasteiger partial charge in [0.15, 0.2) is 0 Å². The maximum absolute atomic E-state index is 6.04. The van der Waals surface area contributed by atoms with E-state index in [2.05, 4.69) is 36.2 Å². The number of hydrogen-bond acceptors (Lipinski definition) is 2. The molecular formula is C15H18N2. The number of para-hydroxylation sites is 1. The van der Waals surface area contributed by atoms with Gasteiger partial charge < -0.3 is 5.73 Å². The summed E-state index contributed by atoms with van der Waals surface area (Å²) in [5, 5.41) is 1.23. The predicted molar refractivity (Wildman–Crippen MR) is 70.9 cm³/mol. The molecule has 1 aliphatic carbocycles. The highest BCUT2D eigenvalue weighted by Crippen LogP contribution is 2.40. The van der Waals surface area contributed by atoms with E-state index in [1.54, 1.807) is 0 Å². The van der Waals surface area contributed by atoms with Gasteiger partial charge in [-0.1, -0.05) is 25.1 Å². The summed E-state index contributed by atoms with van der Waals surface area (Å²) >= 11 is 0. The van der Waals surface area contributed by atoms with Crippen LogP contribution in [0.3, 0.4) is 0 Å². The van der Waals surface area contributed by atoms with Gasteiger partial charge in [0.2, 0.25) is 0 Å². The van der Waals surface area contributed by atoms with Crippen LogP contribution in [0.15, 0.2) is 36.5 Å². The molecule has 0 radical (unpaired) electrons. The van der Waals surface area contributed by atoms with Crippen LogP contribution in [0.4, 0.5) is 0 Å². The minimum absolute atomic E-state index is 0.219. The minimum atomic E-state index is 0.219. The maximum atomic E-state index is 6.04. The molecule has 1 saturated carbocycles. The van der Waals surface area contributed by atoms with Gasteiger partial charge in [-0.3, -0.25) is 4.98 Å². The van der Waals surface area contributed by atoms with E-state index in [-0.39, 0.29) is 5.41 Å². The van der Waals surface area contributed by atoms with Crippen LogP contribution in [0.5, 0.6) is 0 Å². The summed E-state index contributed by atoms with van der Waals surface area (Å²) in [4.78, 5) is 4.56. The van der Waals surface area contributed by atoms with Gasteiger partial charge in [-0.2, -0.15) is 0 Å². The van der Waals surface area contributed by atoms with Gasteiger partial charge in [-0.15, -0.1) is 0 Å². The van der Waals surface area contributed by atoms with Crippen molar-refractivity contribution in [2.75, 3.05) is 0 Å². The van der Waals surface area contributed by atoms with E-state index in [0.29, 0.717) is 6.04 Å². The SMILES string of the molecule is CC1(c2cnc3ccccc3c2)CCC(N)C1. The maximum Gasteiger partial charge on any atom is 0.0702 e. The van der Waals surface area contributed by atoms with E-state index in [1.165, 1.54) is 17.4 Å². The Balaban J connectivity index is 2.06. The van der Waals surface area contributed by atoms with Crippen LogP contribution in [-0.2, 0) is 5.41 Å². The van der Waals surface area contributed by atoms with Gasteiger partial charge >= 0.3 is 0 Å². The lowest BCUT2D eigenvalue weighted by atomic mass is 9.81. The van der Waals surface area contributed by atoms with Crippen LogP contribution >= 0.6 is 0 Å². The zero-order valence-electron chi connectivity index (χ0n) is 10.2. The van der Waals surface area contributed by atoms with Crippen LogP contribution in [0, 0.1) is 0 Å². The van der Waals surface area contributed by atoms with Crippen LogP contribution in [0.25, 0.3) is 10.9 Å². The lowest BCUT2D eigenvalue weighted by Crippen LogP contribution is -2.22. The first-order valence-electron chi connectivity index (χ1n) is 6.28. The lowest BCUT2D eigenvalue weighted by molar-refractivity contribution is 0.481. The molecule has 1 heterocycles. The largest absolute Gasteiger partial charge is 0.328 e. The van der Waals surface area contributed by atoms with Gasteiger partial charge in [-0.25, -0.2) is 0 Å². The van der Waals surface area contributed by atoms with Crippen molar-refractivity contribution in [1.82, 2.24) is 4.98 Å². The predicted octanol–water partition coefficient (Wildman–Crippen LogP) is 3.00. The molecule has 2 heteroatoms. The summed E-state index contributed by atoms with van der Waals surface area (Å²) in [6, 6.07) is 10.9. The molecule has 0 amide bonds. The lowest BCUT2D eigenvalue weighted by Gasteiger charge is -2.24. The highest BCUT2D eigenvalue weighted by atomic mass is 14.7. The van der Waals surface area contributed by atoms with Crippen molar-refractivity contribution in [1.29, 1.82) is 0 Å². The van der Waals surface area contributed by atoms with E-state index in [1.807, 2.05) is 12.3 Å². The fraction of sp³-hybridized carbons (Fsp3) is 0.400. The normalized spacial score (nSPS) is 28.7. The van der Waals surface area contributed by atoms with Crippen LogP contribution < -0.4 is 5.73 Å². The molecule has 0 saturated heterocycles. The quantitative estimate of drug-likeness (QED) is 0.811. The Labute approximate surface area is 102 Å². The fourth-order valence-electron chi connectivity index (χ4n) is 2.95. The number of nitrogens with zero attached hydrogens (tertiary/aromatic N) is 1. The smallest absolute Gasteiger partial charge is 0.0702 e. The molecule has 2 unspecified atom stereocenters. The molecule has 2 atom stereocenters. The molecule has 1 aromatic carbocycles. The Morgan fingerprint density at radius 2 is 2.18 bits per heavy atom. The molecule has 0 spiro atoms. The first kappa shape index (κ1) is 10.7. The number of rotatable bonds is 1. The Bertz CT molecular complexity index is 549. The van der Waals surface area contributed by atoms with E-state index in [4.69, 9.17) is 5.73 Å². The van der Waals surface area contributed by atoms with Crippen molar-refractivity contribution in [2.24, 2.45) is 5.73 Å². The fourth-order valence-corrected chi connectivity index (χ4v) is 2.95. The molecule has 0 aliphatic heterocycles. The summed E-state index contributed by atoms with van der Waals surface area (Å²) in [7, 11) is 0. The van der Waals surface area contributed by atoms with Crippen molar-refractivity contribution < 1.29 is 0 Å². The zero-order chi connectivity index (χ0) is 11.9. The van der Waals surface area contributed by atoms with Crippen LogP contribution in [0.1, 0.15) is 31.7 Å². The second-order valence-corrected chi connectivity index (χ2v) is 5.48. The minimum Gasteiger partial charge on any atom is -0.328 e. The molecule has 1 aliphatic rings. The molecular weight excluding hydrogens is 208 g/mol. The monoisotopic (exact) mass is 226 g/mol. The number of pyridine rings is 1. The number of hydrogen-bond donors (Lipinski definition) is 1. The van der Waals surface area contributed by atoms with Crippen molar-refractivity contribution in [3.8, 4) is 0 Å². The van der Waals surface area contributed by atoms with Crippen LogP contribution in [-0.4, -0.2) is 11.0 Å². The molecule has 0 bridgehead atoms. The molecule has 3 rings (SSSR count). The molecule has 17 heavy (non-hydrogen) atoms. The Morgan fingerprint density at radius 3 is 2.94 bits per heavy atom. The molecule has 88 valence electrons. The van der Waals surface area contributed by atoms with Gasteiger partial charge in [-0.05, 0) is 42.4 Å². The van der Waals surface area contributed by atoms with E-state index < -0.39 is 0 Å². The summed E-state index contributed by atoms with van der Waals surface area (Å²) in [6.45, 7) is 2.31. The third-order valence-corrected chi connectivity index (χ3v) is 4.07. The first-order valence-corrected chi connectivity index (χ1v) is 6.28. The number of aromatic nitrogens is 1. The third-order valence-electron chi connectivity index (χ3n) is 4.07. The van der Waals surface area contributed by atoms with E-state index in [0.717, 1.165) is 18.4 Å². The molecule has 2 aromatic rings. The van der Waals surface area contributed by atoms with Gasteiger partial charge in [0.05, 0.1) is 5.52 Å². The Hall–Kier alpha value is -1.41. The zero-order valence-corrected chi connectivity index (χ0v) is 10.2. The molecule has 2 nitrogen and oxygen atoms in total. The Kier molecular flexibility index (Phi) is 2.40. The number of nitrogens with two attached hydrogens (primary N) is 1. The highest BCUT2D eigenvalue weighted by molar-refractivity contribution is 5.79. The van der Waals surface area contributed by atoms with E-state index >= 15 is 0 Å². The van der Waals surface area contributed by atoms with Gasteiger partial charge in [0.1, 0.15) is 0 Å². The third kappa shape index (κ3) is 1.83. The first-order chi connectivity index (χ1) is 8.17. The average molecular weight is 226 g/mol. The number of benzene rings is 1. The van der Waals surface area contributed by atoms with Crippen molar-refractivity contribution in [3.63, 3.8) is 0 Å².